The number of aromatic nitrogens is 1. The molecule has 2 aliphatic carbocycles. The van der Waals surface area contributed by atoms with E-state index in [0.717, 1.165) is 17.8 Å². The second-order valence-corrected chi connectivity index (χ2v) is 6.43. The minimum Gasteiger partial charge on any atom is -0.473 e. The second kappa shape index (κ2) is 3.27. The molecule has 3 nitrogen and oxygen atoms in total. The van der Waals surface area contributed by atoms with E-state index < -0.39 is 0 Å². The highest BCUT2D eigenvalue weighted by atomic mass is 16.5. The summed E-state index contributed by atoms with van der Waals surface area (Å²) in [5.74, 6) is 1.71. The first kappa shape index (κ1) is 10.8. The van der Waals surface area contributed by atoms with Crippen LogP contribution in [0.15, 0.2) is 18.3 Å². The average Bonchev–Trinajstić information content (AvgIpc) is 3.03. The van der Waals surface area contributed by atoms with Crippen molar-refractivity contribution in [2.24, 2.45) is 11.3 Å². The maximum absolute atomic E-state index is 6.08. The number of likely N-dealkylation sites (tertiary alicyclic amines) is 1. The van der Waals surface area contributed by atoms with Crippen molar-refractivity contribution in [1.82, 2.24) is 9.88 Å². The summed E-state index contributed by atoms with van der Waals surface area (Å²) in [7, 11) is 2.25. The molecule has 0 amide bonds. The molecule has 18 heavy (non-hydrogen) atoms. The molecule has 1 aliphatic heterocycles. The standard InChI is InChI=1S/C15H20N2O/c1-9-4-5-13(16-8-9)18-12-7-15-6-11(15)10(2)17(3)14(12)15/h4-5,8,10-12,14H,6-7H2,1-3H3. The molecule has 5 atom stereocenters. The molecule has 4 rings (SSSR count). The molecule has 2 saturated carbocycles. The van der Waals surface area contributed by atoms with Gasteiger partial charge in [0.15, 0.2) is 0 Å². The summed E-state index contributed by atoms with van der Waals surface area (Å²) >= 11 is 0. The van der Waals surface area contributed by atoms with Crippen LogP contribution in [0.5, 0.6) is 5.88 Å². The lowest BCUT2D eigenvalue weighted by molar-refractivity contribution is -0.0396. The molecule has 3 heteroatoms. The Morgan fingerprint density at radius 3 is 2.89 bits per heavy atom. The number of hydrogen-bond donors (Lipinski definition) is 0. The molecule has 1 aromatic rings. The summed E-state index contributed by atoms with van der Waals surface area (Å²) in [6, 6.07) is 5.41. The van der Waals surface area contributed by atoms with Crippen molar-refractivity contribution in [3.8, 4) is 5.88 Å². The van der Waals surface area contributed by atoms with Gasteiger partial charge in [-0.3, -0.25) is 4.90 Å². The van der Waals surface area contributed by atoms with E-state index in [-0.39, 0.29) is 0 Å². The molecule has 3 fully saturated rings. The number of aryl methyl sites for hydroxylation is 1. The summed E-state index contributed by atoms with van der Waals surface area (Å²) < 4.78 is 6.08. The number of nitrogens with zero attached hydrogens (tertiary/aromatic N) is 2. The molecule has 0 radical (unpaired) electrons. The molecular formula is C15H20N2O. The van der Waals surface area contributed by atoms with Crippen LogP contribution in [-0.2, 0) is 0 Å². The van der Waals surface area contributed by atoms with E-state index in [1.54, 1.807) is 0 Å². The highest BCUT2D eigenvalue weighted by molar-refractivity contribution is 5.29. The Morgan fingerprint density at radius 2 is 2.22 bits per heavy atom. The van der Waals surface area contributed by atoms with Crippen molar-refractivity contribution < 1.29 is 4.74 Å². The normalized spacial score (nSPS) is 45.1. The predicted molar refractivity (Wildman–Crippen MR) is 69.6 cm³/mol. The molecular weight excluding hydrogens is 224 g/mol. The van der Waals surface area contributed by atoms with Crippen molar-refractivity contribution in [2.75, 3.05) is 7.05 Å². The number of hydrogen-bond acceptors (Lipinski definition) is 3. The Balaban J connectivity index is 1.50. The van der Waals surface area contributed by atoms with Crippen LogP contribution >= 0.6 is 0 Å². The van der Waals surface area contributed by atoms with Crippen LogP contribution in [0.3, 0.4) is 0 Å². The van der Waals surface area contributed by atoms with E-state index in [4.69, 9.17) is 4.74 Å². The first-order valence-corrected chi connectivity index (χ1v) is 6.93. The summed E-state index contributed by atoms with van der Waals surface area (Å²) in [6.45, 7) is 4.41. The largest absolute Gasteiger partial charge is 0.473 e. The molecule has 96 valence electrons. The van der Waals surface area contributed by atoms with Crippen molar-refractivity contribution in [3.63, 3.8) is 0 Å². The Bertz CT molecular complexity index is 486. The summed E-state index contributed by atoms with van der Waals surface area (Å²) in [5.41, 5.74) is 1.80. The van der Waals surface area contributed by atoms with E-state index in [2.05, 4.69) is 36.8 Å². The van der Waals surface area contributed by atoms with Gasteiger partial charge >= 0.3 is 0 Å². The number of pyridine rings is 1. The zero-order chi connectivity index (χ0) is 12.5. The van der Waals surface area contributed by atoms with Crippen LogP contribution in [0.25, 0.3) is 0 Å². The average molecular weight is 244 g/mol. The maximum atomic E-state index is 6.08. The van der Waals surface area contributed by atoms with Crippen molar-refractivity contribution in [1.29, 1.82) is 0 Å². The van der Waals surface area contributed by atoms with Gasteiger partial charge in [0, 0.05) is 18.3 Å². The smallest absolute Gasteiger partial charge is 0.213 e. The first-order chi connectivity index (χ1) is 8.62. The molecule has 0 aromatic carbocycles. The third-order valence-corrected chi connectivity index (χ3v) is 5.52. The highest BCUT2D eigenvalue weighted by Crippen LogP contribution is 2.73. The van der Waals surface area contributed by atoms with E-state index in [9.17, 15) is 0 Å². The lowest BCUT2D eigenvalue weighted by Crippen LogP contribution is -2.57. The number of piperidine rings is 1. The van der Waals surface area contributed by atoms with Gasteiger partial charge in [0.2, 0.25) is 5.88 Å². The molecule has 0 N–H and O–H groups in total. The zero-order valence-corrected chi connectivity index (χ0v) is 11.3. The minimum atomic E-state index is 0.347. The Morgan fingerprint density at radius 1 is 1.39 bits per heavy atom. The molecule has 1 spiro atoms. The monoisotopic (exact) mass is 244 g/mol. The van der Waals surface area contributed by atoms with E-state index in [0.29, 0.717) is 17.6 Å². The number of rotatable bonds is 2. The lowest BCUT2D eigenvalue weighted by atomic mass is 9.73. The van der Waals surface area contributed by atoms with Crippen molar-refractivity contribution in [2.45, 2.75) is 44.9 Å². The molecule has 0 bridgehead atoms. The summed E-state index contributed by atoms with van der Waals surface area (Å²) in [4.78, 5) is 6.88. The number of ether oxygens (including phenoxy) is 1. The van der Waals surface area contributed by atoms with Crippen LogP contribution in [0.4, 0.5) is 0 Å². The summed E-state index contributed by atoms with van der Waals surface area (Å²) in [5, 5.41) is 0. The van der Waals surface area contributed by atoms with Crippen LogP contribution in [0.1, 0.15) is 25.3 Å². The van der Waals surface area contributed by atoms with Gasteiger partial charge in [0.25, 0.3) is 0 Å². The molecule has 5 unspecified atom stereocenters. The van der Waals surface area contributed by atoms with Gasteiger partial charge in [-0.05, 0) is 50.6 Å². The van der Waals surface area contributed by atoms with E-state index >= 15 is 0 Å². The van der Waals surface area contributed by atoms with Crippen LogP contribution < -0.4 is 4.74 Å². The van der Waals surface area contributed by atoms with Gasteiger partial charge in [0.05, 0.1) is 6.04 Å². The fourth-order valence-electron chi connectivity index (χ4n) is 4.38. The Kier molecular flexibility index (Phi) is 1.96. The molecule has 2 heterocycles. The second-order valence-electron chi connectivity index (χ2n) is 6.43. The quantitative estimate of drug-likeness (QED) is 0.798. The Hall–Kier alpha value is -1.09. The number of likely N-dealkylation sites (N-methyl/N-ethyl adjacent to an activating group) is 1. The third kappa shape index (κ3) is 1.21. The highest BCUT2D eigenvalue weighted by Gasteiger charge is 2.76. The maximum Gasteiger partial charge on any atom is 0.213 e. The topological polar surface area (TPSA) is 25.4 Å². The molecule has 1 aromatic heterocycles. The van der Waals surface area contributed by atoms with E-state index in [1.807, 2.05) is 12.3 Å². The van der Waals surface area contributed by atoms with Crippen molar-refractivity contribution in [3.05, 3.63) is 23.9 Å². The van der Waals surface area contributed by atoms with Gasteiger partial charge in [-0.2, -0.15) is 0 Å². The third-order valence-electron chi connectivity index (χ3n) is 5.52. The van der Waals surface area contributed by atoms with Gasteiger partial charge in [-0.15, -0.1) is 0 Å². The van der Waals surface area contributed by atoms with Crippen LogP contribution in [0, 0.1) is 18.3 Å². The Labute approximate surface area is 108 Å². The van der Waals surface area contributed by atoms with Gasteiger partial charge in [-0.1, -0.05) is 6.07 Å². The van der Waals surface area contributed by atoms with Gasteiger partial charge in [-0.25, -0.2) is 4.98 Å². The van der Waals surface area contributed by atoms with Gasteiger partial charge < -0.3 is 4.74 Å². The lowest BCUT2D eigenvalue weighted by Gasteiger charge is -2.46. The SMILES string of the molecule is Cc1ccc(OC2CC34CC3C(C)N(C)C24)nc1. The zero-order valence-electron chi connectivity index (χ0n) is 11.3. The minimum absolute atomic E-state index is 0.347. The van der Waals surface area contributed by atoms with Crippen LogP contribution in [0.2, 0.25) is 0 Å². The van der Waals surface area contributed by atoms with Gasteiger partial charge in [0.1, 0.15) is 6.10 Å². The fourth-order valence-corrected chi connectivity index (χ4v) is 4.38. The molecule has 3 aliphatic rings. The molecule has 1 saturated heterocycles. The van der Waals surface area contributed by atoms with Crippen molar-refractivity contribution >= 4 is 0 Å². The van der Waals surface area contributed by atoms with E-state index in [1.165, 1.54) is 18.4 Å². The van der Waals surface area contributed by atoms with Crippen LogP contribution in [-0.4, -0.2) is 35.1 Å². The first-order valence-electron chi connectivity index (χ1n) is 6.93. The fraction of sp³-hybridized carbons (Fsp3) is 0.667. The predicted octanol–water partition coefficient (Wildman–Crippen LogP) is 2.25. The summed E-state index contributed by atoms with van der Waals surface area (Å²) in [6.07, 6.45) is 4.88.